The molecular weight excluding hydrogens is 280 g/mol. The Morgan fingerprint density at radius 2 is 1.79 bits per heavy atom. The number of sulfonamides is 1. The second-order valence-electron chi connectivity index (χ2n) is 5.31. The maximum atomic E-state index is 12.4. The first-order valence-electron chi connectivity index (χ1n) is 6.95. The molecule has 4 nitrogen and oxygen atoms in total. The molecule has 1 aromatic rings. The average molecular weight is 300 g/mol. The van der Waals surface area contributed by atoms with E-state index in [-0.39, 0.29) is 0 Å². The van der Waals surface area contributed by atoms with Crippen LogP contribution in [-0.2, 0) is 10.0 Å². The Bertz CT molecular complexity index is 499. The largest absolute Gasteiger partial charge is 0.300 e. The molecule has 3 rings (SSSR count). The Morgan fingerprint density at radius 1 is 1.11 bits per heavy atom. The topological polar surface area (TPSA) is 40.6 Å². The lowest BCUT2D eigenvalue weighted by atomic mass is 10.1. The van der Waals surface area contributed by atoms with Gasteiger partial charge in [-0.1, -0.05) is 6.07 Å². The quantitative estimate of drug-likeness (QED) is 0.857. The second kappa shape index (κ2) is 5.52. The molecule has 2 fully saturated rings. The first kappa shape index (κ1) is 13.5. The zero-order valence-electron chi connectivity index (χ0n) is 11.0. The number of hydrogen-bond acceptors (Lipinski definition) is 4. The highest BCUT2D eigenvalue weighted by molar-refractivity contribution is 7.91. The molecule has 0 spiro atoms. The van der Waals surface area contributed by atoms with E-state index in [4.69, 9.17) is 0 Å². The van der Waals surface area contributed by atoms with Gasteiger partial charge in [-0.3, -0.25) is 0 Å². The van der Waals surface area contributed by atoms with Crippen LogP contribution >= 0.6 is 11.3 Å². The summed E-state index contributed by atoms with van der Waals surface area (Å²) in [4.78, 5) is 2.54. The van der Waals surface area contributed by atoms with Crippen molar-refractivity contribution < 1.29 is 8.42 Å². The van der Waals surface area contributed by atoms with E-state index in [0.29, 0.717) is 23.3 Å². The van der Waals surface area contributed by atoms with Crippen molar-refractivity contribution in [1.82, 2.24) is 9.21 Å². The van der Waals surface area contributed by atoms with Gasteiger partial charge in [-0.2, -0.15) is 4.31 Å². The minimum Gasteiger partial charge on any atom is -0.300 e. The van der Waals surface area contributed by atoms with Crippen LogP contribution in [0, 0.1) is 0 Å². The summed E-state index contributed by atoms with van der Waals surface area (Å²) in [5.74, 6) is 0. The van der Waals surface area contributed by atoms with Crippen molar-refractivity contribution >= 4 is 21.4 Å². The van der Waals surface area contributed by atoms with Gasteiger partial charge in [0.15, 0.2) is 0 Å². The van der Waals surface area contributed by atoms with Gasteiger partial charge in [0.1, 0.15) is 4.21 Å². The predicted octanol–water partition coefficient (Wildman–Crippen LogP) is 2.00. The smallest absolute Gasteiger partial charge is 0.252 e. The molecule has 0 N–H and O–H groups in total. The molecule has 0 aromatic carbocycles. The van der Waals surface area contributed by atoms with Gasteiger partial charge in [-0.15, -0.1) is 11.3 Å². The molecule has 0 amide bonds. The third-order valence-corrected chi connectivity index (χ3v) is 7.44. The van der Waals surface area contributed by atoms with E-state index in [0.717, 1.165) is 12.8 Å². The van der Waals surface area contributed by atoms with Gasteiger partial charge >= 0.3 is 0 Å². The maximum absolute atomic E-state index is 12.4. The van der Waals surface area contributed by atoms with Crippen molar-refractivity contribution in [3.63, 3.8) is 0 Å². The van der Waals surface area contributed by atoms with E-state index in [9.17, 15) is 8.42 Å². The van der Waals surface area contributed by atoms with E-state index in [1.54, 1.807) is 16.4 Å². The van der Waals surface area contributed by atoms with Crippen molar-refractivity contribution in [2.45, 2.75) is 35.9 Å². The van der Waals surface area contributed by atoms with Gasteiger partial charge in [0.25, 0.3) is 10.0 Å². The van der Waals surface area contributed by atoms with Crippen LogP contribution in [0.1, 0.15) is 25.7 Å². The van der Waals surface area contributed by atoms with E-state index >= 15 is 0 Å². The summed E-state index contributed by atoms with van der Waals surface area (Å²) < 4.78 is 26.9. The fourth-order valence-electron chi connectivity index (χ4n) is 3.09. The SMILES string of the molecule is O=S(=O)(c1cccs1)N1CCC(N2CCCC2)CC1. The van der Waals surface area contributed by atoms with E-state index < -0.39 is 10.0 Å². The molecule has 1 aromatic heterocycles. The molecule has 106 valence electrons. The van der Waals surface area contributed by atoms with Crippen LogP contribution in [0.5, 0.6) is 0 Å². The molecule has 19 heavy (non-hydrogen) atoms. The minimum atomic E-state index is -3.23. The number of piperidine rings is 1. The van der Waals surface area contributed by atoms with Crippen LogP contribution in [0.2, 0.25) is 0 Å². The summed E-state index contributed by atoms with van der Waals surface area (Å²) in [7, 11) is -3.23. The van der Waals surface area contributed by atoms with Crippen LogP contribution in [0.3, 0.4) is 0 Å². The average Bonchev–Trinajstić information content (AvgIpc) is 3.12. The lowest BCUT2D eigenvalue weighted by Crippen LogP contribution is -2.45. The van der Waals surface area contributed by atoms with Gasteiger partial charge in [-0.05, 0) is 50.2 Å². The Labute approximate surface area is 119 Å². The number of likely N-dealkylation sites (tertiary alicyclic amines) is 1. The Morgan fingerprint density at radius 3 is 2.37 bits per heavy atom. The molecule has 3 heterocycles. The monoisotopic (exact) mass is 300 g/mol. The van der Waals surface area contributed by atoms with Gasteiger partial charge in [-0.25, -0.2) is 8.42 Å². The first-order valence-corrected chi connectivity index (χ1v) is 9.27. The summed E-state index contributed by atoms with van der Waals surface area (Å²) >= 11 is 1.31. The number of nitrogens with zero attached hydrogens (tertiary/aromatic N) is 2. The van der Waals surface area contributed by atoms with Crippen molar-refractivity contribution in [3.8, 4) is 0 Å². The van der Waals surface area contributed by atoms with Gasteiger partial charge in [0, 0.05) is 19.1 Å². The summed E-state index contributed by atoms with van der Waals surface area (Å²) in [6, 6.07) is 4.10. The molecule has 2 saturated heterocycles. The second-order valence-corrected chi connectivity index (χ2v) is 8.42. The van der Waals surface area contributed by atoms with Crippen LogP contribution in [0.4, 0.5) is 0 Å². The Hall–Kier alpha value is -0.430. The predicted molar refractivity (Wildman–Crippen MR) is 76.9 cm³/mol. The fourth-order valence-corrected chi connectivity index (χ4v) is 5.71. The minimum absolute atomic E-state index is 0.479. The van der Waals surface area contributed by atoms with Crippen molar-refractivity contribution in [2.24, 2.45) is 0 Å². The summed E-state index contributed by atoms with van der Waals surface area (Å²) in [5, 5.41) is 1.82. The molecule has 2 aliphatic rings. The third-order valence-electron chi connectivity index (χ3n) is 4.17. The normalized spacial score (nSPS) is 24.0. The Balaban J connectivity index is 1.64. The molecule has 0 atom stereocenters. The highest BCUT2D eigenvalue weighted by atomic mass is 32.2. The zero-order chi connectivity index (χ0) is 13.3. The summed E-state index contributed by atoms with van der Waals surface area (Å²) in [6.45, 7) is 3.73. The molecule has 2 aliphatic heterocycles. The van der Waals surface area contributed by atoms with Gasteiger partial charge < -0.3 is 4.90 Å². The molecular formula is C13H20N2O2S2. The van der Waals surface area contributed by atoms with Crippen LogP contribution in [-0.4, -0.2) is 49.8 Å². The first-order chi connectivity index (χ1) is 9.18. The molecule has 0 bridgehead atoms. The molecule has 0 saturated carbocycles. The molecule has 0 unspecified atom stereocenters. The number of thiophene rings is 1. The maximum Gasteiger partial charge on any atom is 0.252 e. The van der Waals surface area contributed by atoms with Crippen molar-refractivity contribution in [2.75, 3.05) is 26.2 Å². The Kier molecular flexibility index (Phi) is 3.93. The van der Waals surface area contributed by atoms with Gasteiger partial charge in [0.05, 0.1) is 0 Å². The third kappa shape index (κ3) is 2.72. The van der Waals surface area contributed by atoms with Crippen LogP contribution < -0.4 is 0 Å². The lowest BCUT2D eigenvalue weighted by molar-refractivity contribution is 0.168. The molecule has 0 radical (unpaired) electrons. The van der Waals surface area contributed by atoms with Crippen LogP contribution in [0.15, 0.2) is 21.7 Å². The van der Waals surface area contributed by atoms with E-state index in [1.807, 2.05) is 5.38 Å². The zero-order valence-corrected chi connectivity index (χ0v) is 12.6. The lowest BCUT2D eigenvalue weighted by Gasteiger charge is -2.35. The fraction of sp³-hybridized carbons (Fsp3) is 0.692. The van der Waals surface area contributed by atoms with E-state index in [1.165, 1.54) is 37.3 Å². The molecule has 6 heteroatoms. The number of hydrogen-bond donors (Lipinski definition) is 0. The van der Waals surface area contributed by atoms with Crippen LogP contribution in [0.25, 0.3) is 0 Å². The van der Waals surface area contributed by atoms with Crippen molar-refractivity contribution in [3.05, 3.63) is 17.5 Å². The highest BCUT2D eigenvalue weighted by Crippen LogP contribution is 2.27. The van der Waals surface area contributed by atoms with Crippen molar-refractivity contribution in [1.29, 1.82) is 0 Å². The summed E-state index contributed by atoms with van der Waals surface area (Å²) in [6.07, 6.45) is 4.55. The van der Waals surface area contributed by atoms with E-state index in [2.05, 4.69) is 4.90 Å². The summed E-state index contributed by atoms with van der Waals surface area (Å²) in [5.41, 5.74) is 0. The molecule has 0 aliphatic carbocycles. The standard InChI is InChI=1S/C13H20N2O2S2/c16-19(17,13-4-3-11-18-13)15-9-5-12(6-10-15)14-7-1-2-8-14/h3-4,11-12H,1-2,5-10H2. The highest BCUT2D eigenvalue weighted by Gasteiger charge is 2.32. The van der Waals surface area contributed by atoms with Gasteiger partial charge in [0.2, 0.25) is 0 Å². The number of rotatable bonds is 3.